The van der Waals surface area contributed by atoms with Gasteiger partial charge in [-0.05, 0) is 24.3 Å². The van der Waals surface area contributed by atoms with Crippen LogP contribution in [-0.4, -0.2) is 48.1 Å². The molecule has 1 aromatic heterocycles. The van der Waals surface area contributed by atoms with E-state index in [4.69, 9.17) is 10.2 Å². The third kappa shape index (κ3) is 2.41. The minimum Gasteiger partial charge on any atom is -0.477 e. The van der Waals surface area contributed by atoms with Crippen LogP contribution in [0.3, 0.4) is 0 Å². The van der Waals surface area contributed by atoms with Gasteiger partial charge in [0.25, 0.3) is 0 Å². The van der Waals surface area contributed by atoms with Crippen LogP contribution in [-0.2, 0) is 10.0 Å². The zero-order valence-electron chi connectivity index (χ0n) is 9.44. The summed E-state index contributed by atoms with van der Waals surface area (Å²) in [7, 11) is -3.83. The number of aliphatic hydroxyl groups is 1. The molecule has 0 radical (unpaired) electrons. The molecular weight excluding hydrogens is 278 g/mol. The molecule has 1 aliphatic rings. The molecule has 1 aromatic rings. The standard InChI is InChI=1S/C10H13NO5S2/c12-5-4-11(7-1-2-7)18(15,16)8-3-6-17-9(8)10(13)14/h3,6-7,12H,1-2,4-5H2,(H,13,14). The molecule has 0 saturated heterocycles. The van der Waals surface area contributed by atoms with Crippen molar-refractivity contribution in [2.24, 2.45) is 0 Å². The van der Waals surface area contributed by atoms with Crippen molar-refractivity contribution in [1.82, 2.24) is 4.31 Å². The van der Waals surface area contributed by atoms with Crippen LogP contribution in [0.2, 0.25) is 0 Å². The average Bonchev–Trinajstić information content (AvgIpc) is 2.99. The Kier molecular flexibility index (Phi) is 3.71. The molecule has 1 aliphatic carbocycles. The molecule has 1 fully saturated rings. The lowest BCUT2D eigenvalue weighted by Crippen LogP contribution is -2.35. The van der Waals surface area contributed by atoms with Crippen LogP contribution in [0.5, 0.6) is 0 Å². The Morgan fingerprint density at radius 2 is 2.17 bits per heavy atom. The van der Waals surface area contributed by atoms with Gasteiger partial charge >= 0.3 is 5.97 Å². The van der Waals surface area contributed by atoms with Crippen molar-refractivity contribution < 1.29 is 23.4 Å². The van der Waals surface area contributed by atoms with Crippen molar-refractivity contribution in [3.63, 3.8) is 0 Å². The van der Waals surface area contributed by atoms with E-state index < -0.39 is 16.0 Å². The van der Waals surface area contributed by atoms with Crippen LogP contribution in [0.1, 0.15) is 22.5 Å². The molecule has 0 atom stereocenters. The molecule has 0 spiro atoms. The van der Waals surface area contributed by atoms with Crippen LogP contribution in [0.4, 0.5) is 0 Å². The van der Waals surface area contributed by atoms with Gasteiger partial charge in [-0.2, -0.15) is 4.31 Å². The number of hydrogen-bond acceptors (Lipinski definition) is 5. The zero-order valence-corrected chi connectivity index (χ0v) is 11.1. The summed E-state index contributed by atoms with van der Waals surface area (Å²) in [5.41, 5.74) is 0. The lowest BCUT2D eigenvalue weighted by atomic mass is 10.5. The predicted molar refractivity (Wildman–Crippen MR) is 65.3 cm³/mol. The Labute approximate surface area is 109 Å². The van der Waals surface area contributed by atoms with E-state index in [1.807, 2.05) is 0 Å². The van der Waals surface area contributed by atoms with Gasteiger partial charge in [-0.25, -0.2) is 13.2 Å². The quantitative estimate of drug-likeness (QED) is 0.800. The van der Waals surface area contributed by atoms with E-state index in [-0.39, 0.29) is 29.0 Å². The fourth-order valence-electron chi connectivity index (χ4n) is 1.74. The molecule has 0 amide bonds. The number of nitrogens with zero attached hydrogens (tertiary/aromatic N) is 1. The Morgan fingerprint density at radius 3 is 2.67 bits per heavy atom. The minimum atomic E-state index is -3.83. The number of aliphatic hydroxyl groups excluding tert-OH is 1. The molecule has 100 valence electrons. The number of carboxylic acid groups (broad SMARTS) is 1. The molecular formula is C10H13NO5S2. The van der Waals surface area contributed by atoms with E-state index in [0.29, 0.717) is 0 Å². The number of sulfonamides is 1. The summed E-state index contributed by atoms with van der Waals surface area (Å²) in [4.78, 5) is 10.6. The Bertz CT molecular complexity index is 546. The fraction of sp³-hybridized carbons (Fsp3) is 0.500. The summed E-state index contributed by atoms with van der Waals surface area (Å²) in [6.07, 6.45) is 1.51. The van der Waals surface area contributed by atoms with Crippen molar-refractivity contribution >= 4 is 27.3 Å². The molecule has 2 rings (SSSR count). The summed E-state index contributed by atoms with van der Waals surface area (Å²) in [6.45, 7) is -0.274. The molecule has 1 heterocycles. The van der Waals surface area contributed by atoms with Crippen LogP contribution in [0.15, 0.2) is 16.3 Å². The average molecular weight is 291 g/mol. The maximum absolute atomic E-state index is 12.3. The van der Waals surface area contributed by atoms with E-state index in [0.717, 1.165) is 24.2 Å². The second kappa shape index (κ2) is 4.96. The molecule has 0 unspecified atom stereocenters. The molecule has 6 nitrogen and oxygen atoms in total. The first kappa shape index (κ1) is 13.5. The smallest absolute Gasteiger partial charge is 0.347 e. The summed E-state index contributed by atoms with van der Waals surface area (Å²) in [5.74, 6) is -1.25. The van der Waals surface area contributed by atoms with Crippen LogP contribution in [0.25, 0.3) is 0 Å². The van der Waals surface area contributed by atoms with E-state index in [9.17, 15) is 13.2 Å². The van der Waals surface area contributed by atoms with Gasteiger partial charge in [-0.1, -0.05) is 0 Å². The van der Waals surface area contributed by atoms with Crippen LogP contribution < -0.4 is 0 Å². The van der Waals surface area contributed by atoms with Gasteiger partial charge in [0.2, 0.25) is 10.0 Å². The second-order valence-electron chi connectivity index (χ2n) is 3.99. The minimum absolute atomic E-state index is 0.00189. The number of hydrogen-bond donors (Lipinski definition) is 2. The lowest BCUT2D eigenvalue weighted by molar-refractivity contribution is 0.0698. The van der Waals surface area contributed by atoms with Crippen molar-refractivity contribution in [2.45, 2.75) is 23.8 Å². The molecule has 18 heavy (non-hydrogen) atoms. The molecule has 0 aromatic carbocycles. The summed E-state index contributed by atoms with van der Waals surface area (Å²) < 4.78 is 25.9. The van der Waals surface area contributed by atoms with Crippen LogP contribution >= 0.6 is 11.3 Å². The monoisotopic (exact) mass is 291 g/mol. The number of rotatable bonds is 6. The SMILES string of the molecule is O=C(O)c1sccc1S(=O)(=O)N(CCO)C1CC1. The topological polar surface area (TPSA) is 94.9 Å². The first-order chi connectivity index (χ1) is 8.48. The van der Waals surface area contributed by atoms with E-state index >= 15 is 0 Å². The van der Waals surface area contributed by atoms with Crippen molar-refractivity contribution in [3.05, 3.63) is 16.3 Å². The number of aromatic carboxylic acids is 1. The number of thiophene rings is 1. The normalized spacial score (nSPS) is 16.1. The fourth-order valence-corrected chi connectivity index (χ4v) is 4.65. The van der Waals surface area contributed by atoms with Gasteiger partial charge < -0.3 is 10.2 Å². The second-order valence-corrected chi connectivity index (χ2v) is 6.76. The summed E-state index contributed by atoms with van der Waals surface area (Å²) in [6, 6.07) is 1.19. The Hall–Kier alpha value is -0.960. The van der Waals surface area contributed by atoms with Gasteiger partial charge in [0.05, 0.1) is 6.61 Å². The van der Waals surface area contributed by atoms with Gasteiger partial charge in [0, 0.05) is 12.6 Å². The van der Waals surface area contributed by atoms with E-state index in [1.54, 1.807) is 0 Å². The highest BCUT2D eigenvalue weighted by Gasteiger charge is 2.39. The molecule has 2 N–H and O–H groups in total. The maximum Gasteiger partial charge on any atom is 0.347 e. The van der Waals surface area contributed by atoms with Gasteiger partial charge in [0.15, 0.2) is 0 Å². The Balaban J connectivity index is 2.39. The molecule has 1 saturated carbocycles. The van der Waals surface area contributed by atoms with Crippen LogP contribution in [0, 0.1) is 0 Å². The first-order valence-corrected chi connectivity index (χ1v) is 7.74. The summed E-state index contributed by atoms with van der Waals surface area (Å²) in [5, 5.41) is 19.3. The highest BCUT2D eigenvalue weighted by atomic mass is 32.2. The van der Waals surface area contributed by atoms with Crippen molar-refractivity contribution in [2.75, 3.05) is 13.2 Å². The Morgan fingerprint density at radius 1 is 1.50 bits per heavy atom. The number of carboxylic acids is 1. The van der Waals surface area contributed by atoms with Gasteiger partial charge in [0.1, 0.15) is 9.77 Å². The van der Waals surface area contributed by atoms with Crippen molar-refractivity contribution in [3.8, 4) is 0 Å². The zero-order chi connectivity index (χ0) is 13.3. The van der Waals surface area contributed by atoms with E-state index in [2.05, 4.69) is 0 Å². The number of carbonyl (C=O) groups is 1. The third-order valence-electron chi connectivity index (χ3n) is 2.68. The largest absolute Gasteiger partial charge is 0.477 e. The molecule has 0 bridgehead atoms. The predicted octanol–water partition coefficient (Wildman–Crippen LogP) is 0.592. The van der Waals surface area contributed by atoms with Gasteiger partial charge in [-0.15, -0.1) is 11.3 Å². The van der Waals surface area contributed by atoms with E-state index in [1.165, 1.54) is 15.8 Å². The lowest BCUT2D eigenvalue weighted by Gasteiger charge is -2.20. The first-order valence-electron chi connectivity index (χ1n) is 5.42. The highest BCUT2D eigenvalue weighted by molar-refractivity contribution is 7.89. The van der Waals surface area contributed by atoms with Gasteiger partial charge in [-0.3, -0.25) is 0 Å². The van der Waals surface area contributed by atoms with Crippen molar-refractivity contribution in [1.29, 1.82) is 0 Å². The third-order valence-corrected chi connectivity index (χ3v) is 5.71. The molecule has 0 aliphatic heterocycles. The molecule has 8 heteroatoms. The summed E-state index contributed by atoms with van der Waals surface area (Å²) >= 11 is 0.884. The maximum atomic E-state index is 12.3. The highest BCUT2D eigenvalue weighted by Crippen LogP contribution is 2.34.